The molecule has 140 valence electrons. The van der Waals surface area contributed by atoms with Crippen molar-refractivity contribution in [2.45, 2.75) is 26.2 Å². The Bertz CT molecular complexity index is 589. The molecule has 0 aromatic heterocycles. The highest BCUT2D eigenvalue weighted by Gasteiger charge is 2.22. The molecule has 3 N–H and O–H groups in total. The van der Waals surface area contributed by atoms with Gasteiger partial charge in [0.25, 0.3) is 5.91 Å². The zero-order chi connectivity index (χ0) is 17.5. The highest BCUT2D eigenvalue weighted by atomic mass is 35.5. The molecule has 1 aliphatic heterocycles. The van der Waals surface area contributed by atoms with Crippen molar-refractivity contribution in [3.05, 3.63) is 23.8 Å². The number of halogens is 1. The first-order valence-electron chi connectivity index (χ1n) is 8.45. The number of ether oxygens (including phenoxy) is 1. The van der Waals surface area contributed by atoms with Crippen molar-refractivity contribution in [3.8, 4) is 5.75 Å². The summed E-state index contributed by atoms with van der Waals surface area (Å²) in [5.74, 6) is 1.21. The van der Waals surface area contributed by atoms with Gasteiger partial charge in [0, 0.05) is 19.0 Å². The number of piperidine rings is 1. The average molecular weight is 370 g/mol. The minimum absolute atomic E-state index is 0. The van der Waals surface area contributed by atoms with Gasteiger partial charge < -0.3 is 20.7 Å². The molecule has 1 fully saturated rings. The molecule has 1 heterocycles. The maximum atomic E-state index is 12.4. The van der Waals surface area contributed by atoms with Gasteiger partial charge in [-0.25, -0.2) is 0 Å². The van der Waals surface area contributed by atoms with Gasteiger partial charge in [0.2, 0.25) is 5.91 Å². The van der Waals surface area contributed by atoms with Crippen LogP contribution in [0.15, 0.2) is 18.2 Å². The predicted molar refractivity (Wildman–Crippen MR) is 102 cm³/mol. The standard InChI is InChI=1S/C18H27N3O3.ClH/c1-12(13-6-8-20-9-7-13)10-17(22)21-15-11-14(18(23)19-2)4-5-16(15)24-3;/h4-5,11-13,20H,6-10H2,1-3H3,(H,19,23)(H,21,22);1H. The molecular formula is C18H28ClN3O3. The van der Waals surface area contributed by atoms with Crippen LogP contribution in [0.1, 0.15) is 36.5 Å². The second-order valence-electron chi connectivity index (χ2n) is 6.31. The van der Waals surface area contributed by atoms with Crippen molar-refractivity contribution in [2.24, 2.45) is 11.8 Å². The van der Waals surface area contributed by atoms with Crippen molar-refractivity contribution in [1.82, 2.24) is 10.6 Å². The van der Waals surface area contributed by atoms with Gasteiger partial charge >= 0.3 is 0 Å². The van der Waals surface area contributed by atoms with Crippen molar-refractivity contribution in [3.63, 3.8) is 0 Å². The minimum atomic E-state index is -0.198. The Balaban J connectivity index is 0.00000312. The maximum absolute atomic E-state index is 12.4. The first kappa shape index (κ1) is 21.3. The SMILES string of the molecule is CNC(=O)c1ccc(OC)c(NC(=O)CC(C)C2CCNCC2)c1.Cl. The Morgan fingerprint density at radius 1 is 1.32 bits per heavy atom. The molecule has 0 bridgehead atoms. The van der Waals surface area contributed by atoms with Crippen LogP contribution in [0.2, 0.25) is 0 Å². The van der Waals surface area contributed by atoms with E-state index in [0.29, 0.717) is 35.3 Å². The van der Waals surface area contributed by atoms with Crippen LogP contribution in [0.3, 0.4) is 0 Å². The van der Waals surface area contributed by atoms with Crippen LogP contribution in [0.5, 0.6) is 5.75 Å². The minimum Gasteiger partial charge on any atom is -0.495 e. The van der Waals surface area contributed by atoms with E-state index in [1.165, 1.54) is 0 Å². The van der Waals surface area contributed by atoms with Crippen LogP contribution in [-0.4, -0.2) is 39.1 Å². The van der Waals surface area contributed by atoms with E-state index in [4.69, 9.17) is 4.74 Å². The first-order valence-corrected chi connectivity index (χ1v) is 8.45. The number of carbonyl (C=O) groups excluding carboxylic acids is 2. The third-order valence-corrected chi connectivity index (χ3v) is 4.66. The Kier molecular flexibility index (Phi) is 8.72. The van der Waals surface area contributed by atoms with E-state index < -0.39 is 0 Å². The quantitative estimate of drug-likeness (QED) is 0.719. The smallest absolute Gasteiger partial charge is 0.251 e. The van der Waals surface area contributed by atoms with Crippen LogP contribution in [0, 0.1) is 11.8 Å². The van der Waals surface area contributed by atoms with Crippen LogP contribution in [0.25, 0.3) is 0 Å². The summed E-state index contributed by atoms with van der Waals surface area (Å²) in [6.07, 6.45) is 2.70. The monoisotopic (exact) mass is 369 g/mol. The molecule has 0 aliphatic carbocycles. The lowest BCUT2D eigenvalue weighted by molar-refractivity contribution is -0.117. The highest BCUT2D eigenvalue weighted by molar-refractivity contribution is 5.98. The molecule has 2 amide bonds. The summed E-state index contributed by atoms with van der Waals surface area (Å²) in [6.45, 7) is 4.19. The van der Waals surface area contributed by atoms with Gasteiger partial charge in [-0.15, -0.1) is 12.4 Å². The Morgan fingerprint density at radius 3 is 2.60 bits per heavy atom. The van der Waals surface area contributed by atoms with E-state index in [1.807, 2.05) is 0 Å². The number of nitrogens with one attached hydrogen (secondary N) is 3. The second-order valence-corrected chi connectivity index (χ2v) is 6.31. The molecule has 0 spiro atoms. The van der Waals surface area contributed by atoms with Gasteiger partial charge in [-0.2, -0.15) is 0 Å². The Labute approximate surface area is 155 Å². The zero-order valence-corrected chi connectivity index (χ0v) is 15.9. The number of anilines is 1. The molecule has 1 aromatic carbocycles. The first-order chi connectivity index (χ1) is 11.5. The molecule has 1 unspecified atom stereocenters. The largest absolute Gasteiger partial charge is 0.495 e. The van der Waals surface area contributed by atoms with Crippen molar-refractivity contribution < 1.29 is 14.3 Å². The summed E-state index contributed by atoms with van der Waals surface area (Å²) in [5, 5.41) is 8.81. The van der Waals surface area contributed by atoms with E-state index >= 15 is 0 Å². The lowest BCUT2D eigenvalue weighted by Crippen LogP contribution is -2.32. The van der Waals surface area contributed by atoms with E-state index in [9.17, 15) is 9.59 Å². The number of benzene rings is 1. The van der Waals surface area contributed by atoms with E-state index in [1.54, 1.807) is 32.4 Å². The number of rotatable bonds is 6. The van der Waals surface area contributed by atoms with Gasteiger partial charge in [0.05, 0.1) is 12.8 Å². The average Bonchev–Trinajstić information content (AvgIpc) is 2.61. The van der Waals surface area contributed by atoms with Crippen molar-refractivity contribution >= 4 is 29.9 Å². The summed E-state index contributed by atoms with van der Waals surface area (Å²) in [4.78, 5) is 24.2. The highest BCUT2D eigenvalue weighted by Crippen LogP contribution is 2.28. The van der Waals surface area contributed by atoms with Gasteiger partial charge in [0.1, 0.15) is 5.75 Å². The molecule has 1 saturated heterocycles. The van der Waals surface area contributed by atoms with Crippen LogP contribution in [0.4, 0.5) is 5.69 Å². The Hall–Kier alpha value is -1.79. The molecule has 1 atom stereocenters. The van der Waals surface area contributed by atoms with Gasteiger partial charge in [-0.05, 0) is 56.0 Å². The molecule has 7 heteroatoms. The molecule has 2 rings (SSSR count). The molecule has 0 radical (unpaired) electrons. The molecular weight excluding hydrogens is 342 g/mol. The Morgan fingerprint density at radius 2 is 2.00 bits per heavy atom. The van der Waals surface area contributed by atoms with Gasteiger partial charge in [-0.3, -0.25) is 9.59 Å². The molecule has 0 saturated carbocycles. The zero-order valence-electron chi connectivity index (χ0n) is 15.1. The van der Waals surface area contributed by atoms with E-state index in [2.05, 4.69) is 22.9 Å². The lowest BCUT2D eigenvalue weighted by Gasteiger charge is -2.28. The molecule has 25 heavy (non-hydrogen) atoms. The lowest BCUT2D eigenvalue weighted by atomic mass is 9.84. The normalized spacial score (nSPS) is 15.6. The molecule has 1 aliphatic rings. The summed E-state index contributed by atoms with van der Waals surface area (Å²) in [7, 11) is 3.12. The fourth-order valence-corrected chi connectivity index (χ4v) is 3.16. The fraction of sp³-hybridized carbons (Fsp3) is 0.556. The number of amides is 2. The van der Waals surface area contributed by atoms with Gasteiger partial charge in [-0.1, -0.05) is 6.92 Å². The molecule has 6 nitrogen and oxygen atoms in total. The summed E-state index contributed by atoms with van der Waals surface area (Å²) in [5.41, 5.74) is 1.01. The molecule has 1 aromatic rings. The number of hydrogen-bond acceptors (Lipinski definition) is 4. The fourth-order valence-electron chi connectivity index (χ4n) is 3.16. The van der Waals surface area contributed by atoms with Gasteiger partial charge in [0.15, 0.2) is 0 Å². The maximum Gasteiger partial charge on any atom is 0.251 e. The summed E-state index contributed by atoms with van der Waals surface area (Å²) < 4.78 is 5.28. The van der Waals surface area contributed by atoms with Crippen molar-refractivity contribution in [2.75, 3.05) is 32.6 Å². The van der Waals surface area contributed by atoms with E-state index in [0.717, 1.165) is 25.9 Å². The number of hydrogen-bond donors (Lipinski definition) is 3. The van der Waals surface area contributed by atoms with E-state index in [-0.39, 0.29) is 24.2 Å². The third-order valence-electron chi connectivity index (χ3n) is 4.66. The third kappa shape index (κ3) is 5.90. The van der Waals surface area contributed by atoms with Crippen LogP contribution in [-0.2, 0) is 4.79 Å². The predicted octanol–water partition coefficient (Wildman–Crippen LogP) is 2.44. The van der Waals surface area contributed by atoms with Crippen LogP contribution >= 0.6 is 12.4 Å². The number of carbonyl (C=O) groups is 2. The number of methoxy groups -OCH3 is 1. The van der Waals surface area contributed by atoms with Crippen LogP contribution < -0.4 is 20.7 Å². The topological polar surface area (TPSA) is 79.5 Å². The second kappa shape index (κ2) is 10.3. The van der Waals surface area contributed by atoms with Crippen molar-refractivity contribution in [1.29, 1.82) is 0 Å². The summed E-state index contributed by atoms with van der Waals surface area (Å²) >= 11 is 0. The summed E-state index contributed by atoms with van der Waals surface area (Å²) in [6, 6.07) is 5.01.